The van der Waals surface area contributed by atoms with Crippen molar-refractivity contribution in [2.24, 2.45) is 24.4 Å². The zero-order chi connectivity index (χ0) is 58.5. The molecule has 4 aliphatic rings. The fraction of sp³-hybridized carbons (Fsp3) is 0.286. The monoisotopic (exact) mass is 1320 g/mol. The van der Waals surface area contributed by atoms with Gasteiger partial charge in [0.25, 0.3) is 35.8 Å². The van der Waals surface area contributed by atoms with Gasteiger partial charge in [0.1, 0.15) is 34.2 Å². The Morgan fingerprint density at radius 1 is 0.690 bits per heavy atom. The second kappa shape index (κ2) is 28.9. The van der Waals surface area contributed by atoms with Crippen LogP contribution in [0.3, 0.4) is 0 Å². The van der Waals surface area contributed by atoms with Crippen molar-refractivity contribution in [2.45, 2.75) is 45.4 Å². The first-order chi connectivity index (χ1) is 39.3. The topological polar surface area (TPSA) is 462 Å². The van der Waals surface area contributed by atoms with Crippen molar-refractivity contribution in [1.82, 2.24) is 70.8 Å². The first-order valence-corrected chi connectivity index (χ1v) is 30.4. The van der Waals surface area contributed by atoms with Crippen LogP contribution >= 0.6 is 92.4 Å². The SMILES string of the molecule is Cn1nnnc1SCC1=C(C(=O)[O-])N2C(=O)[C@@H](NC(=O)/C(=N\OC(C(=O)O)c3cccs3)c3csc(N)n3)[C@H]2SC1.Cn1nnnc1SCC1=C(C(=O)[O-])N2C(=O)[C@@H](NC(=O)/C(=N\OC(C(=O)O)c3cccs3)c3csc(N)n3)[C@H]2SC1.[Na+].[Na+]. The molecule has 42 heteroatoms. The summed E-state index contributed by atoms with van der Waals surface area (Å²) in [7, 11) is 3.28. The molecule has 84 heavy (non-hydrogen) atoms. The van der Waals surface area contributed by atoms with Crippen LogP contribution in [0.15, 0.2) is 89.0 Å². The van der Waals surface area contributed by atoms with Crippen molar-refractivity contribution in [2.75, 3.05) is 34.5 Å². The molecule has 10 rings (SSSR count). The maximum absolute atomic E-state index is 13.3. The number of nitrogens with two attached hydrogens (primary N) is 2. The minimum absolute atomic E-state index is 0. The zero-order valence-electron chi connectivity index (χ0n) is 43.4. The molecule has 0 spiro atoms. The number of thiophene rings is 2. The minimum Gasteiger partial charge on any atom is -0.543 e. The average molecular weight is 1320 g/mol. The van der Waals surface area contributed by atoms with Crippen LogP contribution in [-0.4, -0.2) is 175 Å². The molecule has 6 atom stereocenters. The van der Waals surface area contributed by atoms with E-state index in [1.165, 1.54) is 67.2 Å². The third-order valence-electron chi connectivity index (χ3n) is 11.5. The van der Waals surface area contributed by atoms with Crippen LogP contribution in [0.4, 0.5) is 10.3 Å². The summed E-state index contributed by atoms with van der Waals surface area (Å²) in [5.74, 6) is -7.94. The molecule has 0 aromatic carbocycles. The van der Waals surface area contributed by atoms with Gasteiger partial charge in [-0.05, 0) is 54.9 Å². The molecule has 2 unspecified atom stereocenters. The van der Waals surface area contributed by atoms with Crippen molar-refractivity contribution in [1.29, 1.82) is 0 Å². The molecule has 0 aliphatic carbocycles. The number of aryl methyl sites for hydroxylation is 2. The van der Waals surface area contributed by atoms with Gasteiger partial charge in [-0.1, -0.05) is 46.0 Å². The quantitative estimate of drug-likeness (QED) is 0.0121. The molecule has 4 aliphatic heterocycles. The number of thioether (sulfide) groups is 4. The molecular formula is C42H36N18Na2O14S8. The number of carboxylic acids is 4. The van der Waals surface area contributed by atoms with E-state index < -0.39 is 94.0 Å². The van der Waals surface area contributed by atoms with E-state index in [4.69, 9.17) is 21.1 Å². The zero-order valence-corrected chi connectivity index (χ0v) is 53.9. The Bertz CT molecular complexity index is 3380. The Morgan fingerprint density at radius 2 is 1.08 bits per heavy atom. The number of rotatable bonds is 22. The normalized spacial score (nSPS) is 18.9. The molecular weight excluding hydrogens is 1280 g/mol. The molecule has 8 N–H and O–H groups in total. The number of hydrogen-bond acceptors (Lipinski definition) is 32. The van der Waals surface area contributed by atoms with E-state index in [0.29, 0.717) is 31.2 Å². The third-order valence-corrected chi connectivity index (χ3v) is 19.5. The number of fused-ring (bicyclic) bond motifs is 2. The number of oxime groups is 2. The van der Waals surface area contributed by atoms with Crippen LogP contribution in [-0.2, 0) is 62.1 Å². The number of nitrogens with one attached hydrogen (secondary N) is 2. The van der Waals surface area contributed by atoms with Gasteiger partial charge < -0.3 is 61.8 Å². The van der Waals surface area contributed by atoms with Gasteiger partial charge >= 0.3 is 71.1 Å². The van der Waals surface area contributed by atoms with E-state index >= 15 is 0 Å². The van der Waals surface area contributed by atoms with E-state index in [1.54, 1.807) is 49.1 Å². The van der Waals surface area contributed by atoms with Crippen LogP contribution in [0, 0.1) is 0 Å². The number of hydrogen-bond donors (Lipinski definition) is 6. The maximum atomic E-state index is 13.3. The Hall–Kier alpha value is -6.02. The Labute approximate surface area is 548 Å². The second-order valence-electron chi connectivity index (χ2n) is 16.6. The second-order valence-corrected chi connectivity index (χ2v) is 24.5. The van der Waals surface area contributed by atoms with E-state index in [0.717, 1.165) is 55.1 Å². The first-order valence-electron chi connectivity index (χ1n) is 22.8. The van der Waals surface area contributed by atoms with E-state index in [2.05, 4.69) is 62.0 Å². The standard InChI is InChI=1S/2C21H19N9O7S4.2Na/c2*1-29-21(25-27-28-29)41-6-8-5-39-17-12(16(32)30(17)13(8)18(33)34)24-15(31)11(9-7-40-20(22)23-9)26-37-14(19(35)36)10-3-2-4-38-10;;/h2*2-4,7,12,14,17H,5-6H2,1H3,(H2,22,23)(H,24,31)(H,33,34)(H,35,36);;/q;;2*+1/p-2/b2*26-11-;;/t2*12-,14?,17-;;/m11../s1. The number of anilines is 2. The average Bonchev–Trinajstić information content (AvgIpc) is 3.21. The molecule has 6 aromatic heterocycles. The summed E-state index contributed by atoms with van der Waals surface area (Å²) in [6, 6.07) is 4.15. The molecule has 2 saturated heterocycles. The third kappa shape index (κ3) is 14.4. The van der Waals surface area contributed by atoms with Crippen LogP contribution < -0.4 is 91.4 Å². The molecule has 10 heterocycles. The molecule has 2 fully saturated rings. The van der Waals surface area contributed by atoms with Crippen molar-refractivity contribution < 1.29 is 128 Å². The molecule has 0 bridgehead atoms. The van der Waals surface area contributed by atoms with Crippen LogP contribution in [0.5, 0.6) is 0 Å². The maximum Gasteiger partial charge on any atom is 1.00 e. The van der Waals surface area contributed by atoms with Crippen LogP contribution in [0.25, 0.3) is 0 Å². The number of carboxylic acid groups (broad SMARTS) is 4. The number of amides is 4. The summed E-state index contributed by atoms with van der Waals surface area (Å²) < 4.78 is 2.86. The van der Waals surface area contributed by atoms with Gasteiger partial charge in [-0.25, -0.2) is 28.9 Å². The summed E-state index contributed by atoms with van der Waals surface area (Å²) in [6.45, 7) is 0. The van der Waals surface area contributed by atoms with Crippen LogP contribution in [0.1, 0.15) is 33.4 Å². The van der Waals surface area contributed by atoms with Gasteiger partial charge in [0.2, 0.25) is 10.3 Å². The van der Waals surface area contributed by atoms with Crippen molar-refractivity contribution in [3.8, 4) is 0 Å². The van der Waals surface area contributed by atoms with Crippen molar-refractivity contribution in [3.05, 3.63) is 89.5 Å². The molecule has 4 amide bonds. The number of β-lactam (4-membered cyclic amide) rings is 2. The Balaban J connectivity index is 0.000000235. The number of carbonyl (C=O) groups excluding carboxylic acids is 6. The molecule has 428 valence electrons. The van der Waals surface area contributed by atoms with Gasteiger partial charge in [-0.15, -0.1) is 79.1 Å². The number of aliphatic carboxylic acids is 4. The van der Waals surface area contributed by atoms with Gasteiger partial charge in [0.15, 0.2) is 21.7 Å². The molecule has 0 saturated carbocycles. The summed E-state index contributed by atoms with van der Waals surface area (Å²) >= 11 is 9.22. The summed E-state index contributed by atoms with van der Waals surface area (Å²) in [5, 5.41) is 84.0. The first kappa shape index (κ1) is 65.5. The van der Waals surface area contributed by atoms with Gasteiger partial charge in [-0.3, -0.25) is 29.0 Å². The van der Waals surface area contributed by atoms with Crippen molar-refractivity contribution >= 4 is 162 Å². The van der Waals surface area contributed by atoms with E-state index in [9.17, 15) is 58.8 Å². The van der Waals surface area contributed by atoms with Crippen molar-refractivity contribution in [3.63, 3.8) is 0 Å². The predicted molar refractivity (Wildman–Crippen MR) is 291 cm³/mol. The number of aromatic nitrogens is 10. The number of nitrogen functional groups attached to an aromatic ring is 2. The summed E-state index contributed by atoms with van der Waals surface area (Å²) in [5.41, 5.74) is 11.0. The number of thiazole rings is 2. The minimum atomic E-state index is -1.53. The van der Waals surface area contributed by atoms with Gasteiger partial charge in [-0.2, -0.15) is 0 Å². The number of nitrogens with zero attached hydrogens (tertiary/aromatic N) is 14. The number of tetrazole rings is 2. The van der Waals surface area contributed by atoms with E-state index in [-0.39, 0.29) is 115 Å². The predicted octanol–water partition coefficient (Wildman–Crippen LogP) is -7.89. The number of carbonyl (C=O) groups is 8. The largest absolute Gasteiger partial charge is 1.00 e. The van der Waals surface area contributed by atoms with E-state index in [1.807, 2.05) is 0 Å². The van der Waals surface area contributed by atoms with Gasteiger partial charge in [0, 0.05) is 47.9 Å². The fourth-order valence-corrected chi connectivity index (χ4v) is 14.9. The molecule has 32 nitrogen and oxygen atoms in total. The summed E-state index contributed by atoms with van der Waals surface area (Å²) in [6.07, 6.45) is -2.99. The molecule has 0 radical (unpaired) electrons. The smallest absolute Gasteiger partial charge is 0.543 e. The van der Waals surface area contributed by atoms with Crippen LogP contribution in [0.2, 0.25) is 0 Å². The fourth-order valence-electron chi connectivity index (χ4n) is 7.71. The van der Waals surface area contributed by atoms with Gasteiger partial charge in [0.05, 0.1) is 33.1 Å². The Morgan fingerprint density at radius 3 is 1.38 bits per heavy atom. The Kier molecular flexibility index (Phi) is 22.6. The summed E-state index contributed by atoms with van der Waals surface area (Å²) in [4.78, 5) is 122. The molecule has 6 aromatic rings.